The van der Waals surface area contributed by atoms with Crippen LogP contribution in [-0.4, -0.2) is 30.1 Å². The van der Waals surface area contributed by atoms with Crippen LogP contribution in [0.3, 0.4) is 0 Å². The van der Waals surface area contributed by atoms with Crippen molar-refractivity contribution >= 4 is 56.2 Å². The summed E-state index contributed by atoms with van der Waals surface area (Å²) in [4.78, 5) is 33.0. The quantitative estimate of drug-likeness (QED) is 0.712. The Morgan fingerprint density at radius 3 is 2.71 bits per heavy atom. The van der Waals surface area contributed by atoms with Gasteiger partial charge in [0.2, 0.25) is 11.8 Å². The topological polar surface area (TPSA) is 61.8 Å². The number of thiophene rings is 1. The van der Waals surface area contributed by atoms with E-state index in [1.54, 1.807) is 16.2 Å². The molecule has 1 fully saturated rings. The first-order chi connectivity index (χ1) is 13.6. The number of hydrogen-bond donors (Lipinski definition) is 1. The lowest BCUT2D eigenvalue weighted by Crippen LogP contribution is -2.45. The van der Waals surface area contributed by atoms with Crippen LogP contribution in [0.1, 0.15) is 43.4 Å². The van der Waals surface area contributed by atoms with E-state index in [1.165, 1.54) is 6.42 Å². The van der Waals surface area contributed by atoms with Gasteiger partial charge in [-0.2, -0.15) is 0 Å². The predicted molar refractivity (Wildman–Crippen MR) is 117 cm³/mol. The summed E-state index contributed by atoms with van der Waals surface area (Å²) in [6.07, 6.45) is 5.78. The summed E-state index contributed by atoms with van der Waals surface area (Å²) in [5.41, 5.74) is 2.15. The number of fused-ring (bicyclic) bond motifs is 1. The fourth-order valence-electron chi connectivity index (χ4n) is 3.79. The standard InChI is InChI=1S/C21H22BrN3O2S/c22-19-11-10-18(28-19)16-12-21(27)25(17-9-5-4-8-15(17)24-16)13-20(26)23-14-6-2-1-3-7-14/h4-5,8-11,14H,1-3,6-7,12-13H2,(H,23,26). The molecule has 2 aliphatic rings. The van der Waals surface area contributed by atoms with E-state index in [2.05, 4.69) is 21.2 Å². The number of nitrogens with one attached hydrogen (secondary N) is 1. The van der Waals surface area contributed by atoms with E-state index in [-0.39, 0.29) is 30.8 Å². The fraction of sp³-hybridized carbons (Fsp3) is 0.381. The van der Waals surface area contributed by atoms with Crippen molar-refractivity contribution in [2.24, 2.45) is 4.99 Å². The minimum absolute atomic E-state index is 0.0310. The third kappa shape index (κ3) is 4.36. The van der Waals surface area contributed by atoms with Crippen LogP contribution >= 0.6 is 27.3 Å². The largest absolute Gasteiger partial charge is 0.352 e. The van der Waals surface area contributed by atoms with E-state index in [1.807, 2.05) is 36.4 Å². The third-order valence-electron chi connectivity index (χ3n) is 5.18. The van der Waals surface area contributed by atoms with Crippen molar-refractivity contribution in [3.8, 4) is 0 Å². The molecule has 1 aromatic heterocycles. The van der Waals surface area contributed by atoms with Crippen LogP contribution in [0.4, 0.5) is 11.4 Å². The van der Waals surface area contributed by atoms with Gasteiger partial charge in [-0.3, -0.25) is 9.59 Å². The van der Waals surface area contributed by atoms with Gasteiger partial charge in [-0.05, 0) is 53.0 Å². The summed E-state index contributed by atoms with van der Waals surface area (Å²) < 4.78 is 0.999. The number of halogens is 1. The van der Waals surface area contributed by atoms with Gasteiger partial charge in [-0.1, -0.05) is 31.4 Å². The molecule has 5 nitrogen and oxygen atoms in total. The number of para-hydroxylation sites is 2. The Balaban J connectivity index is 1.56. The summed E-state index contributed by atoms with van der Waals surface area (Å²) in [6, 6.07) is 11.7. The first-order valence-corrected chi connectivity index (χ1v) is 11.2. The number of benzene rings is 1. The molecule has 1 saturated carbocycles. The second kappa shape index (κ2) is 8.57. The smallest absolute Gasteiger partial charge is 0.240 e. The normalized spacial score (nSPS) is 17.7. The Kier molecular flexibility index (Phi) is 5.92. The van der Waals surface area contributed by atoms with E-state index in [4.69, 9.17) is 4.99 Å². The number of anilines is 1. The highest BCUT2D eigenvalue weighted by atomic mass is 79.9. The highest BCUT2D eigenvalue weighted by Crippen LogP contribution is 2.34. The summed E-state index contributed by atoms with van der Waals surface area (Å²) in [5, 5.41) is 3.11. The van der Waals surface area contributed by atoms with Gasteiger partial charge < -0.3 is 10.2 Å². The molecule has 0 radical (unpaired) electrons. The lowest BCUT2D eigenvalue weighted by atomic mass is 9.95. The molecule has 4 rings (SSSR count). The second-order valence-electron chi connectivity index (χ2n) is 7.21. The molecule has 1 aliphatic heterocycles. The molecule has 28 heavy (non-hydrogen) atoms. The molecule has 0 saturated heterocycles. The van der Waals surface area contributed by atoms with Crippen LogP contribution in [-0.2, 0) is 9.59 Å². The summed E-state index contributed by atoms with van der Waals surface area (Å²) in [6.45, 7) is 0.0310. The van der Waals surface area contributed by atoms with Gasteiger partial charge in [0.1, 0.15) is 6.54 Å². The number of rotatable bonds is 4. The van der Waals surface area contributed by atoms with Crippen LogP contribution in [0.2, 0.25) is 0 Å². The minimum atomic E-state index is -0.105. The molecule has 0 atom stereocenters. The lowest BCUT2D eigenvalue weighted by molar-refractivity contribution is -0.124. The summed E-state index contributed by atoms with van der Waals surface area (Å²) >= 11 is 5.03. The molecule has 146 valence electrons. The molecule has 1 aromatic carbocycles. The van der Waals surface area contributed by atoms with Gasteiger partial charge in [0.15, 0.2) is 0 Å². The van der Waals surface area contributed by atoms with Crippen molar-refractivity contribution in [3.05, 3.63) is 45.1 Å². The van der Waals surface area contributed by atoms with Gasteiger partial charge in [-0.15, -0.1) is 11.3 Å². The second-order valence-corrected chi connectivity index (χ2v) is 9.67. The Bertz CT molecular complexity index is 918. The maximum absolute atomic E-state index is 13.1. The van der Waals surface area contributed by atoms with Crippen molar-refractivity contribution in [2.45, 2.75) is 44.6 Å². The molecule has 2 heterocycles. The van der Waals surface area contributed by atoms with Crippen LogP contribution in [0.25, 0.3) is 0 Å². The van der Waals surface area contributed by atoms with Gasteiger partial charge in [-0.25, -0.2) is 4.99 Å². The Hall–Kier alpha value is -1.99. The summed E-state index contributed by atoms with van der Waals surface area (Å²) in [7, 11) is 0. The van der Waals surface area contributed by atoms with Crippen molar-refractivity contribution < 1.29 is 9.59 Å². The first kappa shape index (κ1) is 19.3. The SMILES string of the molecule is O=C(CN1C(=O)CC(c2ccc(Br)s2)=Nc2ccccc21)NC1CCCCC1. The van der Waals surface area contributed by atoms with Crippen LogP contribution in [0.15, 0.2) is 45.2 Å². The average Bonchev–Trinajstić information content (AvgIpc) is 3.07. The third-order valence-corrected chi connectivity index (χ3v) is 6.85. The van der Waals surface area contributed by atoms with Crippen LogP contribution < -0.4 is 10.2 Å². The number of carbonyl (C=O) groups excluding carboxylic acids is 2. The van der Waals surface area contributed by atoms with E-state index in [9.17, 15) is 9.59 Å². The van der Waals surface area contributed by atoms with E-state index < -0.39 is 0 Å². The monoisotopic (exact) mass is 459 g/mol. The zero-order chi connectivity index (χ0) is 19.5. The number of hydrogen-bond acceptors (Lipinski definition) is 4. The van der Waals surface area contributed by atoms with Gasteiger partial charge >= 0.3 is 0 Å². The molecule has 1 N–H and O–H groups in total. The van der Waals surface area contributed by atoms with Crippen molar-refractivity contribution in [1.82, 2.24) is 5.32 Å². The minimum Gasteiger partial charge on any atom is -0.352 e. The highest BCUT2D eigenvalue weighted by molar-refractivity contribution is 9.11. The predicted octanol–water partition coefficient (Wildman–Crippen LogP) is 4.82. The summed E-state index contributed by atoms with van der Waals surface area (Å²) in [5.74, 6) is -0.204. The van der Waals surface area contributed by atoms with Crippen LogP contribution in [0.5, 0.6) is 0 Å². The molecule has 7 heteroatoms. The van der Waals surface area contributed by atoms with Gasteiger partial charge in [0.05, 0.1) is 32.2 Å². The number of nitrogens with zero attached hydrogens (tertiary/aromatic N) is 2. The molecular weight excluding hydrogens is 438 g/mol. The Labute approximate surface area is 177 Å². The molecule has 2 amide bonds. The zero-order valence-electron chi connectivity index (χ0n) is 15.5. The maximum atomic E-state index is 13.1. The molecular formula is C21H22BrN3O2S. The first-order valence-electron chi connectivity index (χ1n) is 9.62. The van der Waals surface area contributed by atoms with Crippen molar-refractivity contribution in [1.29, 1.82) is 0 Å². The van der Waals surface area contributed by atoms with E-state index in [0.29, 0.717) is 5.69 Å². The Morgan fingerprint density at radius 1 is 1.18 bits per heavy atom. The molecule has 2 aromatic rings. The lowest BCUT2D eigenvalue weighted by Gasteiger charge is -2.26. The van der Waals surface area contributed by atoms with Gasteiger partial charge in [0, 0.05) is 6.04 Å². The zero-order valence-corrected chi connectivity index (χ0v) is 17.9. The Morgan fingerprint density at radius 2 is 1.96 bits per heavy atom. The molecule has 0 unspecified atom stereocenters. The fourth-order valence-corrected chi connectivity index (χ4v) is 5.17. The molecule has 0 spiro atoms. The average molecular weight is 460 g/mol. The number of amides is 2. The van der Waals surface area contributed by atoms with Crippen molar-refractivity contribution in [2.75, 3.05) is 11.4 Å². The maximum Gasteiger partial charge on any atom is 0.240 e. The molecule has 1 aliphatic carbocycles. The highest BCUT2D eigenvalue weighted by Gasteiger charge is 2.27. The van der Waals surface area contributed by atoms with Crippen LogP contribution in [0, 0.1) is 0 Å². The van der Waals surface area contributed by atoms with Gasteiger partial charge in [0.25, 0.3) is 0 Å². The number of carbonyl (C=O) groups is 2. The molecule has 0 bridgehead atoms. The van der Waals surface area contributed by atoms with Crippen molar-refractivity contribution in [3.63, 3.8) is 0 Å². The number of aliphatic imine (C=N–C) groups is 1. The van der Waals surface area contributed by atoms with E-state index >= 15 is 0 Å². The van der Waals surface area contributed by atoms with E-state index in [0.717, 1.165) is 45.7 Å².